The van der Waals surface area contributed by atoms with E-state index in [0.717, 1.165) is 18.4 Å². The minimum Gasteiger partial charge on any atom is -0.360 e. The topological polar surface area (TPSA) is 72.2 Å². The van der Waals surface area contributed by atoms with E-state index in [-0.39, 0.29) is 4.90 Å². The van der Waals surface area contributed by atoms with Gasteiger partial charge in [-0.05, 0) is 32.3 Å². The lowest BCUT2D eigenvalue weighted by Crippen LogP contribution is -2.35. The van der Waals surface area contributed by atoms with Crippen molar-refractivity contribution in [1.82, 2.24) is 9.88 Å². The molecule has 1 fully saturated rings. The first-order valence-corrected chi connectivity index (χ1v) is 7.95. The maximum atomic E-state index is 12.6. The third-order valence-corrected chi connectivity index (χ3v) is 5.42. The van der Waals surface area contributed by atoms with E-state index in [0.29, 0.717) is 11.5 Å². The Bertz CT molecular complexity index is 712. The van der Waals surface area contributed by atoms with Crippen molar-refractivity contribution in [3.8, 4) is 0 Å². The van der Waals surface area contributed by atoms with Gasteiger partial charge in [-0.3, -0.25) is 0 Å². The van der Waals surface area contributed by atoms with E-state index >= 15 is 0 Å². The third-order valence-electron chi connectivity index (χ3n) is 3.64. The molecule has 1 aromatic carbocycles. The van der Waals surface area contributed by atoms with Gasteiger partial charge >= 0.3 is 0 Å². The fraction of sp³-hybridized carbons (Fsp3) is 0.357. The molecule has 20 heavy (non-hydrogen) atoms. The third kappa shape index (κ3) is 2.14. The fourth-order valence-electron chi connectivity index (χ4n) is 2.50. The van der Waals surface area contributed by atoms with Crippen molar-refractivity contribution in [2.75, 3.05) is 0 Å². The molecule has 1 aliphatic carbocycles. The second-order valence-electron chi connectivity index (χ2n) is 5.21. The number of sulfonamides is 1. The molecule has 5 nitrogen and oxygen atoms in total. The maximum Gasteiger partial charge on any atom is 0.246 e. The van der Waals surface area contributed by atoms with E-state index in [1.807, 2.05) is 30.3 Å². The maximum absolute atomic E-state index is 12.6. The molecule has 1 heterocycles. The summed E-state index contributed by atoms with van der Waals surface area (Å²) in [5.41, 5.74) is 0.908. The molecule has 0 radical (unpaired) electrons. The number of benzene rings is 1. The van der Waals surface area contributed by atoms with Gasteiger partial charge in [0.1, 0.15) is 10.6 Å². The Morgan fingerprint density at radius 1 is 1.20 bits per heavy atom. The van der Waals surface area contributed by atoms with Crippen LogP contribution in [0.3, 0.4) is 0 Å². The Morgan fingerprint density at radius 2 is 1.85 bits per heavy atom. The van der Waals surface area contributed by atoms with Crippen molar-refractivity contribution in [3.05, 3.63) is 47.3 Å². The zero-order valence-corrected chi connectivity index (χ0v) is 12.2. The summed E-state index contributed by atoms with van der Waals surface area (Å²) in [4.78, 5) is 0.153. The number of nitrogens with one attached hydrogen (secondary N) is 1. The molecule has 1 N–H and O–H groups in total. The summed E-state index contributed by atoms with van der Waals surface area (Å²) in [6, 6.07) is 9.65. The average Bonchev–Trinajstić information content (AvgIpc) is 3.09. The van der Waals surface area contributed by atoms with Gasteiger partial charge in [-0.25, -0.2) is 13.1 Å². The van der Waals surface area contributed by atoms with Crippen LogP contribution < -0.4 is 4.72 Å². The monoisotopic (exact) mass is 292 g/mol. The summed E-state index contributed by atoms with van der Waals surface area (Å²) in [6.45, 7) is 3.24. The molecule has 3 rings (SSSR count). The van der Waals surface area contributed by atoms with Crippen molar-refractivity contribution in [2.24, 2.45) is 0 Å². The largest absolute Gasteiger partial charge is 0.360 e. The van der Waals surface area contributed by atoms with Crippen LogP contribution in [-0.4, -0.2) is 13.6 Å². The summed E-state index contributed by atoms with van der Waals surface area (Å²) < 4.78 is 32.9. The summed E-state index contributed by atoms with van der Waals surface area (Å²) >= 11 is 0. The first-order valence-electron chi connectivity index (χ1n) is 6.47. The number of rotatable bonds is 4. The number of hydrogen-bond donors (Lipinski definition) is 1. The van der Waals surface area contributed by atoms with Crippen LogP contribution in [-0.2, 0) is 15.6 Å². The number of hydrogen-bond acceptors (Lipinski definition) is 4. The summed E-state index contributed by atoms with van der Waals surface area (Å²) in [5.74, 6) is 0.318. The summed E-state index contributed by atoms with van der Waals surface area (Å²) in [6.07, 6.45) is 1.61. The van der Waals surface area contributed by atoms with Crippen LogP contribution in [0.5, 0.6) is 0 Å². The van der Waals surface area contributed by atoms with Gasteiger partial charge in [-0.1, -0.05) is 35.5 Å². The molecule has 0 saturated heterocycles. The van der Waals surface area contributed by atoms with Crippen molar-refractivity contribution in [3.63, 3.8) is 0 Å². The summed E-state index contributed by atoms with van der Waals surface area (Å²) in [7, 11) is -3.63. The predicted molar refractivity (Wildman–Crippen MR) is 73.7 cm³/mol. The smallest absolute Gasteiger partial charge is 0.246 e. The highest BCUT2D eigenvalue weighted by Crippen LogP contribution is 2.46. The molecule has 1 aromatic heterocycles. The van der Waals surface area contributed by atoms with Crippen LogP contribution in [0.15, 0.2) is 39.8 Å². The molecule has 0 atom stereocenters. The van der Waals surface area contributed by atoms with Crippen LogP contribution in [0.25, 0.3) is 0 Å². The highest BCUT2D eigenvalue weighted by atomic mass is 32.2. The molecule has 0 aliphatic heterocycles. The SMILES string of the molecule is Cc1noc(C)c1S(=O)(=O)NC1(c2ccccc2)CC1. The standard InChI is InChI=1S/C14H16N2O3S/c1-10-13(11(2)19-15-10)20(17,18)16-14(8-9-14)12-6-4-3-5-7-12/h3-7,16H,8-9H2,1-2H3. The van der Waals surface area contributed by atoms with Gasteiger partial charge in [-0.15, -0.1) is 0 Å². The van der Waals surface area contributed by atoms with Gasteiger partial charge in [-0.2, -0.15) is 0 Å². The fourth-order valence-corrected chi connectivity index (χ4v) is 4.28. The lowest BCUT2D eigenvalue weighted by atomic mass is 10.1. The lowest BCUT2D eigenvalue weighted by molar-refractivity contribution is 0.390. The van der Waals surface area contributed by atoms with Gasteiger partial charge in [0, 0.05) is 0 Å². The second-order valence-corrected chi connectivity index (χ2v) is 6.83. The number of nitrogens with zero attached hydrogens (tertiary/aromatic N) is 1. The van der Waals surface area contributed by atoms with Crippen molar-refractivity contribution < 1.29 is 12.9 Å². The normalized spacial score (nSPS) is 17.1. The first kappa shape index (κ1) is 13.3. The zero-order valence-electron chi connectivity index (χ0n) is 11.4. The van der Waals surface area contributed by atoms with Crippen LogP contribution in [0.2, 0.25) is 0 Å². The second kappa shape index (κ2) is 4.43. The molecule has 106 valence electrons. The minimum absolute atomic E-state index is 0.153. The van der Waals surface area contributed by atoms with Crippen molar-refractivity contribution >= 4 is 10.0 Å². The average molecular weight is 292 g/mol. The van der Waals surface area contributed by atoms with E-state index in [2.05, 4.69) is 9.88 Å². The lowest BCUT2D eigenvalue weighted by Gasteiger charge is -2.17. The van der Waals surface area contributed by atoms with E-state index in [1.54, 1.807) is 13.8 Å². The first-order chi connectivity index (χ1) is 9.45. The van der Waals surface area contributed by atoms with E-state index in [1.165, 1.54) is 0 Å². The molecule has 6 heteroatoms. The van der Waals surface area contributed by atoms with Gasteiger partial charge < -0.3 is 4.52 Å². The van der Waals surface area contributed by atoms with Crippen molar-refractivity contribution in [2.45, 2.75) is 37.1 Å². The molecule has 0 unspecified atom stereocenters. The Kier molecular flexibility index (Phi) is 2.95. The molecule has 0 amide bonds. The van der Waals surface area contributed by atoms with Gasteiger partial charge in [0.15, 0.2) is 5.76 Å². The molecule has 0 spiro atoms. The molecule has 2 aromatic rings. The molecular weight excluding hydrogens is 276 g/mol. The predicted octanol–water partition coefficient (Wildman–Crippen LogP) is 2.26. The van der Waals surface area contributed by atoms with Gasteiger partial charge in [0.2, 0.25) is 10.0 Å². The van der Waals surface area contributed by atoms with Gasteiger partial charge in [0.05, 0.1) is 5.54 Å². The van der Waals surface area contributed by atoms with Gasteiger partial charge in [0.25, 0.3) is 0 Å². The molecule has 0 bridgehead atoms. The Morgan fingerprint density at radius 3 is 2.35 bits per heavy atom. The van der Waals surface area contributed by atoms with E-state index in [9.17, 15) is 8.42 Å². The summed E-state index contributed by atoms with van der Waals surface area (Å²) in [5, 5.41) is 3.71. The number of aryl methyl sites for hydroxylation is 2. The quantitative estimate of drug-likeness (QED) is 0.938. The highest BCUT2D eigenvalue weighted by Gasteiger charge is 2.48. The van der Waals surface area contributed by atoms with E-state index in [4.69, 9.17) is 4.52 Å². The van der Waals surface area contributed by atoms with Crippen LogP contribution >= 0.6 is 0 Å². The van der Waals surface area contributed by atoms with E-state index < -0.39 is 15.6 Å². The molecule has 1 aliphatic rings. The number of aromatic nitrogens is 1. The van der Waals surface area contributed by atoms with Crippen molar-refractivity contribution in [1.29, 1.82) is 0 Å². The Labute approximate surface area is 118 Å². The molecule has 1 saturated carbocycles. The highest BCUT2D eigenvalue weighted by molar-refractivity contribution is 7.89. The zero-order chi connectivity index (χ0) is 14.4. The van der Waals surface area contributed by atoms with Crippen LogP contribution in [0.1, 0.15) is 29.9 Å². The van der Waals surface area contributed by atoms with Crippen LogP contribution in [0.4, 0.5) is 0 Å². The Hall–Kier alpha value is -1.66. The Balaban J connectivity index is 1.96. The minimum atomic E-state index is -3.63. The van der Waals surface area contributed by atoms with Crippen LogP contribution in [0, 0.1) is 13.8 Å². The molecular formula is C14H16N2O3S.